The van der Waals surface area contributed by atoms with Crippen molar-refractivity contribution in [2.45, 2.75) is 0 Å². The van der Waals surface area contributed by atoms with Crippen LogP contribution >= 0.6 is 0 Å². The van der Waals surface area contributed by atoms with E-state index in [0.717, 1.165) is 50.8 Å². The zero-order valence-electron chi connectivity index (χ0n) is 11.9. The van der Waals surface area contributed by atoms with Gasteiger partial charge in [0.15, 0.2) is 0 Å². The molecular formula is C14H20N6O. The Bertz CT molecular complexity index is 565. The molecule has 7 heteroatoms. The maximum Gasteiger partial charge on any atom is 0.138 e. The molecule has 3 N–H and O–H groups in total. The lowest BCUT2D eigenvalue weighted by molar-refractivity contribution is 0.0398. The van der Waals surface area contributed by atoms with Gasteiger partial charge in [-0.1, -0.05) is 0 Å². The number of hydrogen-bond acceptors (Lipinski definition) is 6. The SMILES string of the molecule is Nc1ccc(NCCN2CCOCC2)cc1-n1cncn1. The first-order valence-corrected chi connectivity index (χ1v) is 7.11. The molecule has 112 valence electrons. The van der Waals surface area contributed by atoms with Gasteiger partial charge in [0.1, 0.15) is 12.7 Å². The van der Waals surface area contributed by atoms with Crippen LogP contribution in [0.15, 0.2) is 30.9 Å². The lowest BCUT2D eigenvalue weighted by atomic mass is 10.2. The number of benzene rings is 1. The molecule has 2 heterocycles. The highest BCUT2D eigenvalue weighted by atomic mass is 16.5. The molecule has 0 unspecified atom stereocenters. The standard InChI is InChI=1S/C14H20N6O/c15-13-2-1-12(9-14(13)20-11-16-10-18-20)17-3-4-19-5-7-21-8-6-19/h1-2,9-11,17H,3-8,15H2. The van der Waals surface area contributed by atoms with Crippen LogP contribution in [-0.4, -0.2) is 59.1 Å². The van der Waals surface area contributed by atoms with Gasteiger partial charge in [0, 0.05) is 31.9 Å². The molecule has 0 amide bonds. The molecule has 21 heavy (non-hydrogen) atoms. The minimum atomic E-state index is 0.680. The summed E-state index contributed by atoms with van der Waals surface area (Å²) in [6, 6.07) is 5.85. The number of aromatic nitrogens is 3. The van der Waals surface area contributed by atoms with E-state index < -0.39 is 0 Å². The van der Waals surface area contributed by atoms with Crippen LogP contribution < -0.4 is 11.1 Å². The van der Waals surface area contributed by atoms with Gasteiger partial charge in [-0.3, -0.25) is 4.90 Å². The number of nitrogens with zero attached hydrogens (tertiary/aromatic N) is 4. The van der Waals surface area contributed by atoms with Gasteiger partial charge in [0.2, 0.25) is 0 Å². The Labute approximate surface area is 123 Å². The van der Waals surface area contributed by atoms with E-state index in [-0.39, 0.29) is 0 Å². The molecule has 0 spiro atoms. The zero-order chi connectivity index (χ0) is 14.5. The molecular weight excluding hydrogens is 268 g/mol. The van der Waals surface area contributed by atoms with Crippen LogP contribution in [-0.2, 0) is 4.74 Å². The van der Waals surface area contributed by atoms with E-state index in [2.05, 4.69) is 20.3 Å². The van der Waals surface area contributed by atoms with Gasteiger partial charge in [0.05, 0.1) is 24.6 Å². The first-order valence-electron chi connectivity index (χ1n) is 7.11. The number of nitrogens with one attached hydrogen (secondary N) is 1. The van der Waals surface area contributed by atoms with Crippen molar-refractivity contribution in [2.75, 3.05) is 50.4 Å². The van der Waals surface area contributed by atoms with E-state index in [4.69, 9.17) is 10.5 Å². The molecule has 1 aromatic heterocycles. The van der Waals surface area contributed by atoms with E-state index in [9.17, 15) is 0 Å². The van der Waals surface area contributed by atoms with Crippen LogP contribution in [0.4, 0.5) is 11.4 Å². The van der Waals surface area contributed by atoms with Crippen molar-refractivity contribution < 1.29 is 4.74 Å². The van der Waals surface area contributed by atoms with Gasteiger partial charge in [-0.05, 0) is 18.2 Å². The lowest BCUT2D eigenvalue weighted by Gasteiger charge is -2.26. The summed E-state index contributed by atoms with van der Waals surface area (Å²) < 4.78 is 7.01. The third-order valence-electron chi connectivity index (χ3n) is 3.56. The van der Waals surface area contributed by atoms with Gasteiger partial charge >= 0.3 is 0 Å². The average Bonchev–Trinajstić information content (AvgIpc) is 3.04. The molecule has 0 aliphatic carbocycles. The molecule has 0 radical (unpaired) electrons. The van der Waals surface area contributed by atoms with Crippen molar-refractivity contribution in [3.63, 3.8) is 0 Å². The van der Waals surface area contributed by atoms with E-state index >= 15 is 0 Å². The summed E-state index contributed by atoms with van der Waals surface area (Å²) in [5.74, 6) is 0. The van der Waals surface area contributed by atoms with E-state index in [1.807, 2.05) is 18.2 Å². The molecule has 7 nitrogen and oxygen atoms in total. The fraction of sp³-hybridized carbons (Fsp3) is 0.429. The second-order valence-electron chi connectivity index (χ2n) is 4.99. The van der Waals surface area contributed by atoms with Gasteiger partial charge in [-0.2, -0.15) is 5.10 Å². The quantitative estimate of drug-likeness (QED) is 0.784. The van der Waals surface area contributed by atoms with E-state index in [0.29, 0.717) is 5.69 Å². The Balaban J connectivity index is 1.59. The fourth-order valence-corrected chi connectivity index (χ4v) is 2.37. The molecule has 3 rings (SSSR count). The Morgan fingerprint density at radius 1 is 1.29 bits per heavy atom. The Hall–Kier alpha value is -2.12. The van der Waals surface area contributed by atoms with Crippen molar-refractivity contribution in [3.8, 4) is 5.69 Å². The third-order valence-corrected chi connectivity index (χ3v) is 3.56. The van der Waals surface area contributed by atoms with Crippen LogP contribution in [0.5, 0.6) is 0 Å². The van der Waals surface area contributed by atoms with Crippen LogP contribution in [0.25, 0.3) is 5.69 Å². The number of nitrogens with two attached hydrogens (primary N) is 1. The van der Waals surface area contributed by atoms with Gasteiger partial charge in [-0.15, -0.1) is 0 Å². The number of morpholine rings is 1. The molecule has 1 aromatic carbocycles. The first-order chi connectivity index (χ1) is 10.3. The molecule has 1 aliphatic heterocycles. The van der Waals surface area contributed by atoms with Crippen molar-refractivity contribution in [2.24, 2.45) is 0 Å². The predicted molar refractivity (Wildman–Crippen MR) is 81.5 cm³/mol. The largest absolute Gasteiger partial charge is 0.397 e. The zero-order valence-corrected chi connectivity index (χ0v) is 11.9. The highest BCUT2D eigenvalue weighted by Crippen LogP contribution is 2.20. The summed E-state index contributed by atoms with van der Waals surface area (Å²) in [5, 5.41) is 7.54. The van der Waals surface area contributed by atoms with Crippen LogP contribution in [0.3, 0.4) is 0 Å². The maximum atomic E-state index is 5.99. The normalized spacial score (nSPS) is 16.0. The average molecular weight is 288 g/mol. The van der Waals surface area contributed by atoms with Gasteiger partial charge < -0.3 is 15.8 Å². The van der Waals surface area contributed by atoms with E-state index in [1.165, 1.54) is 6.33 Å². The monoisotopic (exact) mass is 288 g/mol. The topological polar surface area (TPSA) is 81.2 Å². The molecule has 1 aliphatic rings. The fourth-order valence-electron chi connectivity index (χ4n) is 2.37. The number of rotatable bonds is 5. The summed E-state index contributed by atoms with van der Waals surface area (Å²) >= 11 is 0. The predicted octanol–water partition coefficient (Wildman–Crippen LogP) is 0.594. The highest BCUT2D eigenvalue weighted by molar-refractivity contribution is 5.64. The van der Waals surface area contributed by atoms with E-state index in [1.54, 1.807) is 11.0 Å². The van der Waals surface area contributed by atoms with Crippen LogP contribution in [0, 0.1) is 0 Å². The molecule has 0 atom stereocenters. The maximum absolute atomic E-state index is 5.99. The first kappa shape index (κ1) is 13.8. The summed E-state index contributed by atoms with van der Waals surface area (Å²) in [6.07, 6.45) is 3.14. The van der Waals surface area contributed by atoms with Crippen molar-refractivity contribution >= 4 is 11.4 Å². The van der Waals surface area contributed by atoms with Gasteiger partial charge in [0.25, 0.3) is 0 Å². The second-order valence-corrected chi connectivity index (χ2v) is 4.99. The molecule has 2 aromatic rings. The Morgan fingerprint density at radius 3 is 2.90 bits per heavy atom. The summed E-state index contributed by atoms with van der Waals surface area (Å²) in [5.41, 5.74) is 8.53. The minimum absolute atomic E-state index is 0.680. The van der Waals surface area contributed by atoms with Crippen molar-refractivity contribution in [1.29, 1.82) is 0 Å². The number of nitrogen functional groups attached to an aromatic ring is 1. The summed E-state index contributed by atoms with van der Waals surface area (Å²) in [7, 11) is 0. The lowest BCUT2D eigenvalue weighted by Crippen LogP contribution is -2.39. The summed E-state index contributed by atoms with van der Waals surface area (Å²) in [6.45, 7) is 5.57. The summed E-state index contributed by atoms with van der Waals surface area (Å²) in [4.78, 5) is 6.35. The number of ether oxygens (including phenoxy) is 1. The number of anilines is 2. The highest BCUT2D eigenvalue weighted by Gasteiger charge is 2.09. The smallest absolute Gasteiger partial charge is 0.138 e. The second kappa shape index (κ2) is 6.55. The van der Waals surface area contributed by atoms with Crippen molar-refractivity contribution in [3.05, 3.63) is 30.9 Å². The third kappa shape index (κ3) is 3.50. The van der Waals surface area contributed by atoms with Crippen LogP contribution in [0.2, 0.25) is 0 Å². The Kier molecular flexibility index (Phi) is 4.32. The molecule has 1 fully saturated rings. The molecule has 0 bridgehead atoms. The molecule has 0 saturated carbocycles. The number of hydrogen-bond donors (Lipinski definition) is 2. The minimum Gasteiger partial charge on any atom is -0.397 e. The molecule has 1 saturated heterocycles. The van der Waals surface area contributed by atoms with Crippen LogP contribution in [0.1, 0.15) is 0 Å². The van der Waals surface area contributed by atoms with Gasteiger partial charge in [-0.25, -0.2) is 9.67 Å². The van der Waals surface area contributed by atoms with Crippen molar-refractivity contribution in [1.82, 2.24) is 19.7 Å². The Morgan fingerprint density at radius 2 is 2.14 bits per heavy atom.